The van der Waals surface area contributed by atoms with Crippen LogP contribution in [0.3, 0.4) is 0 Å². The zero-order valence-electron chi connectivity index (χ0n) is 54.8. The van der Waals surface area contributed by atoms with Gasteiger partial charge >= 0.3 is 0 Å². The van der Waals surface area contributed by atoms with Crippen LogP contribution in [0, 0.1) is 0 Å². The standard InChI is InChI=1S/C65H89N11O25/c1-3-36(30-7-5-4-6-8-30)43(66)58(92)72-37(57(91)74-44(46(81)38-20-69-64(67)73-38)60(94)75-45(59(93)71-33(22-77)23-78)47(82)39-21-70-65(68)76(39)61-53(88)50(85)48(83)40(24-79)98-61)18-28-10-14-34(15-11-28)97-62-55(90)52(87)56(41(25-80)99-62)101-63-54(89)51(86)49(84)42(100-63)27-96-26-29-9-12-32-19-35(95-2)16-13-31(32)17-29/h4-17,19,22,33,36-56,61-63,78-90H,3,18,20-21,23-27,66H2,1-2H3,(H2,68,70)(H,71,93)(H,72,92)(H,74,91)(H,75,94)(H3,67,69,73). The molecule has 4 amide bonds. The number of aliphatic hydroxyl groups excluding tert-OH is 13. The van der Waals surface area contributed by atoms with Gasteiger partial charge in [-0.05, 0) is 64.2 Å². The van der Waals surface area contributed by atoms with Crippen LogP contribution in [0.15, 0.2) is 101 Å². The predicted octanol–water partition coefficient (Wildman–Crippen LogP) is -8.92. The fraction of sp³-hybridized carbons (Fsp3) is 0.554. The van der Waals surface area contributed by atoms with Gasteiger partial charge in [0.25, 0.3) is 0 Å². The molecule has 0 spiro atoms. The molecule has 0 bridgehead atoms. The molecule has 4 aromatic carbocycles. The number of nitrogens with two attached hydrogens (primary N) is 3. The number of amides is 4. The van der Waals surface area contributed by atoms with Crippen molar-refractivity contribution in [2.75, 3.05) is 46.6 Å². The SMILES string of the molecule is CCC(c1ccccc1)C(N)C(=O)NC(Cc1ccc(OC2OC(CO)C(OC3OC(COCc4ccc5cc(OC)ccc5c4)C(O)C(O)C3O)C(O)C2O)cc1)C(=O)NC(C(=O)NC(C(=O)NC(C=O)CO)C(O)C1CN=C(N)N1C1OC(CO)C(O)C(O)C1O)C(O)C1CN=C(N)N1. The number of carbonyl (C=O) groups is 5. The number of aliphatic imine (C=N–C) groups is 2. The lowest BCUT2D eigenvalue weighted by Gasteiger charge is -2.46. The molecular weight excluding hydrogens is 1330 g/mol. The quantitative estimate of drug-likeness (QED) is 0.0208. The fourth-order valence-electron chi connectivity index (χ4n) is 12.6. The first-order valence-electron chi connectivity index (χ1n) is 32.6. The second kappa shape index (κ2) is 34.8. The molecule has 554 valence electrons. The number of carbonyl (C=O) groups excluding carboxylic acids is 5. The van der Waals surface area contributed by atoms with E-state index in [1.807, 2.05) is 36.4 Å². The first-order valence-corrected chi connectivity index (χ1v) is 32.6. The zero-order chi connectivity index (χ0) is 73.1. The Labute approximate surface area is 577 Å². The predicted molar refractivity (Wildman–Crippen MR) is 350 cm³/mol. The summed E-state index contributed by atoms with van der Waals surface area (Å²) < 4.78 is 40.4. The molecule has 5 heterocycles. The van der Waals surface area contributed by atoms with Crippen molar-refractivity contribution in [3.63, 3.8) is 0 Å². The number of rotatable bonds is 31. The van der Waals surface area contributed by atoms with Crippen molar-refractivity contribution in [3.05, 3.63) is 108 Å². The van der Waals surface area contributed by atoms with Gasteiger partial charge in [-0.3, -0.25) is 29.2 Å². The van der Waals surface area contributed by atoms with Crippen LogP contribution in [0.2, 0.25) is 0 Å². The topological polar surface area (TPSA) is 579 Å². The molecule has 0 radical (unpaired) electrons. The second-order valence-electron chi connectivity index (χ2n) is 25.1. The molecule has 9 rings (SSSR count). The van der Waals surface area contributed by atoms with Crippen molar-refractivity contribution in [3.8, 4) is 11.5 Å². The first-order chi connectivity index (χ1) is 48.3. The highest BCUT2D eigenvalue weighted by atomic mass is 16.7. The number of benzene rings is 4. The number of hydrogen-bond acceptors (Lipinski definition) is 32. The molecule has 0 aliphatic carbocycles. The maximum atomic E-state index is 15.1. The molecule has 0 saturated carbocycles. The first kappa shape index (κ1) is 77.2. The molecule has 5 aliphatic rings. The Morgan fingerprint density at radius 1 is 0.663 bits per heavy atom. The summed E-state index contributed by atoms with van der Waals surface area (Å²) in [4.78, 5) is 79.7. The lowest BCUT2D eigenvalue weighted by Crippen LogP contribution is -2.70. The van der Waals surface area contributed by atoms with Crippen molar-refractivity contribution in [1.82, 2.24) is 31.5 Å². The lowest BCUT2D eigenvalue weighted by atomic mass is 9.89. The Morgan fingerprint density at radius 2 is 1.28 bits per heavy atom. The Morgan fingerprint density at radius 3 is 1.93 bits per heavy atom. The molecule has 101 heavy (non-hydrogen) atoms. The molecule has 25 atom stereocenters. The van der Waals surface area contributed by atoms with Gasteiger partial charge in [-0.1, -0.05) is 67.6 Å². The largest absolute Gasteiger partial charge is 0.497 e. The summed E-state index contributed by atoms with van der Waals surface area (Å²) in [5.74, 6) is -5.41. The number of aliphatic hydroxyl groups is 13. The second-order valence-corrected chi connectivity index (χ2v) is 25.1. The van der Waals surface area contributed by atoms with Gasteiger partial charge in [0, 0.05) is 12.3 Å². The van der Waals surface area contributed by atoms with Crippen LogP contribution in [0.4, 0.5) is 0 Å². The highest BCUT2D eigenvalue weighted by molar-refractivity contribution is 5.96. The van der Waals surface area contributed by atoms with E-state index >= 15 is 4.79 Å². The zero-order valence-corrected chi connectivity index (χ0v) is 54.8. The monoisotopic (exact) mass is 1420 g/mol. The number of hydrogen-bond donors (Lipinski definition) is 21. The Hall–Kier alpha value is -7.93. The molecule has 4 aromatic rings. The molecular formula is C65H89N11O25. The molecule has 3 fully saturated rings. The van der Waals surface area contributed by atoms with Gasteiger partial charge in [-0.2, -0.15) is 0 Å². The van der Waals surface area contributed by atoms with Crippen LogP contribution >= 0.6 is 0 Å². The molecule has 24 N–H and O–H groups in total. The summed E-state index contributed by atoms with van der Waals surface area (Å²) in [6.07, 6.45) is -30.6. The van der Waals surface area contributed by atoms with Crippen LogP contribution < -0.4 is 53.3 Å². The van der Waals surface area contributed by atoms with Gasteiger partial charge < -0.3 is 153 Å². The van der Waals surface area contributed by atoms with Crippen molar-refractivity contribution < 1.29 is 124 Å². The van der Waals surface area contributed by atoms with Gasteiger partial charge in [-0.15, -0.1) is 0 Å². The van der Waals surface area contributed by atoms with Crippen molar-refractivity contribution in [2.24, 2.45) is 27.2 Å². The molecule has 0 aromatic heterocycles. The van der Waals surface area contributed by atoms with Crippen LogP contribution in [-0.2, 0) is 60.7 Å². The number of aldehydes is 1. The summed E-state index contributed by atoms with van der Waals surface area (Å²) in [5.41, 5.74) is 20.5. The van der Waals surface area contributed by atoms with Crippen LogP contribution in [0.25, 0.3) is 10.8 Å². The highest BCUT2D eigenvalue weighted by Gasteiger charge is 2.54. The minimum Gasteiger partial charge on any atom is -0.497 e. The maximum absolute atomic E-state index is 15.1. The van der Waals surface area contributed by atoms with Crippen LogP contribution in [-0.4, -0.2) is 306 Å². The minimum atomic E-state index is -2.26. The number of methoxy groups -OCH3 is 1. The van der Waals surface area contributed by atoms with Crippen molar-refractivity contribution in [1.29, 1.82) is 0 Å². The average Bonchev–Trinajstić information content (AvgIpc) is 1.71. The third kappa shape index (κ3) is 17.9. The van der Waals surface area contributed by atoms with E-state index in [0.29, 0.717) is 17.7 Å². The van der Waals surface area contributed by atoms with Crippen LogP contribution in [0.5, 0.6) is 11.5 Å². The van der Waals surface area contributed by atoms with Crippen molar-refractivity contribution in [2.45, 2.75) is 179 Å². The summed E-state index contributed by atoms with van der Waals surface area (Å²) in [5, 5.41) is 157. The van der Waals surface area contributed by atoms with E-state index in [-0.39, 0.29) is 43.3 Å². The molecule has 3 saturated heterocycles. The van der Waals surface area contributed by atoms with Gasteiger partial charge in [0.2, 0.25) is 29.9 Å². The smallest absolute Gasteiger partial charge is 0.246 e. The van der Waals surface area contributed by atoms with E-state index in [1.54, 1.807) is 44.4 Å². The van der Waals surface area contributed by atoms with Gasteiger partial charge in [0.05, 0.1) is 71.4 Å². The number of nitrogens with zero attached hydrogens (tertiary/aromatic N) is 3. The summed E-state index contributed by atoms with van der Waals surface area (Å²) in [6.45, 7) is -2.00. The third-order valence-corrected chi connectivity index (χ3v) is 18.4. The molecule has 36 nitrogen and oxygen atoms in total. The van der Waals surface area contributed by atoms with E-state index in [1.165, 1.54) is 24.3 Å². The van der Waals surface area contributed by atoms with E-state index in [9.17, 15) is 85.6 Å². The fourth-order valence-corrected chi connectivity index (χ4v) is 12.6. The van der Waals surface area contributed by atoms with Gasteiger partial charge in [0.1, 0.15) is 127 Å². The third-order valence-electron chi connectivity index (χ3n) is 18.4. The molecule has 5 aliphatic heterocycles. The van der Waals surface area contributed by atoms with E-state index < -0.39 is 215 Å². The normalized spacial score (nSPS) is 30.6. The number of fused-ring (bicyclic) bond motifs is 1. The van der Waals surface area contributed by atoms with Crippen molar-refractivity contribution >= 4 is 52.6 Å². The Kier molecular flexibility index (Phi) is 26.6. The average molecular weight is 1420 g/mol. The molecule has 25 unspecified atom stereocenters. The Balaban J connectivity index is 0.921. The van der Waals surface area contributed by atoms with Crippen LogP contribution in [0.1, 0.15) is 36.0 Å². The van der Waals surface area contributed by atoms with E-state index in [0.717, 1.165) is 21.2 Å². The summed E-state index contributed by atoms with van der Waals surface area (Å²) in [7, 11) is 1.56. The number of guanidine groups is 2. The van der Waals surface area contributed by atoms with E-state index in [2.05, 4.69) is 36.6 Å². The number of nitrogens with one attached hydrogen (secondary N) is 5. The maximum Gasteiger partial charge on any atom is 0.246 e. The minimum absolute atomic E-state index is 0.0375. The van der Waals surface area contributed by atoms with E-state index in [4.69, 9.17) is 50.4 Å². The Bertz CT molecular complexity index is 3500. The highest BCUT2D eigenvalue weighted by Crippen LogP contribution is 2.33. The molecule has 36 heteroatoms. The number of ether oxygens (including phenoxy) is 7. The summed E-state index contributed by atoms with van der Waals surface area (Å²) >= 11 is 0. The lowest BCUT2D eigenvalue weighted by molar-refractivity contribution is -0.353. The van der Waals surface area contributed by atoms with Gasteiger partial charge in [-0.25, -0.2) is 0 Å². The van der Waals surface area contributed by atoms with Gasteiger partial charge in [0.15, 0.2) is 24.4 Å². The summed E-state index contributed by atoms with van der Waals surface area (Å²) in [6, 6.07) is 13.5.